The van der Waals surface area contributed by atoms with Gasteiger partial charge in [-0.15, -0.1) is 0 Å². The van der Waals surface area contributed by atoms with Crippen LogP contribution in [0.3, 0.4) is 0 Å². The molecule has 1 N–H and O–H groups in total. The number of nitrogens with zero attached hydrogens (tertiary/aromatic N) is 2. The molecule has 148 valence electrons. The summed E-state index contributed by atoms with van der Waals surface area (Å²) in [5.74, 6) is 0.284. The number of sulfonamides is 1. The van der Waals surface area contributed by atoms with Crippen molar-refractivity contribution in [3.63, 3.8) is 0 Å². The summed E-state index contributed by atoms with van der Waals surface area (Å²) >= 11 is 0. The van der Waals surface area contributed by atoms with Crippen LogP contribution in [0, 0.1) is 19.7 Å². The van der Waals surface area contributed by atoms with E-state index in [9.17, 15) is 12.8 Å². The number of benzene rings is 2. The van der Waals surface area contributed by atoms with E-state index >= 15 is 0 Å². The van der Waals surface area contributed by atoms with Crippen molar-refractivity contribution >= 4 is 15.7 Å². The lowest BCUT2D eigenvalue weighted by Crippen LogP contribution is -2.14. The molecule has 3 aromatic rings. The second kappa shape index (κ2) is 8.02. The van der Waals surface area contributed by atoms with Gasteiger partial charge in [0.25, 0.3) is 10.0 Å². The smallest absolute Gasteiger partial charge is 0.262 e. The Bertz CT molecular complexity index is 1080. The molecule has 0 saturated carbocycles. The molecule has 0 aliphatic heterocycles. The van der Waals surface area contributed by atoms with Gasteiger partial charge >= 0.3 is 0 Å². The SMILES string of the molecule is CCOc1ccc(S(=O)(=O)Nc2c(C)nn(Cc3cccc(F)c3)c2C)cc1. The number of anilines is 1. The molecule has 0 amide bonds. The second-order valence-corrected chi connectivity index (χ2v) is 8.03. The van der Waals surface area contributed by atoms with Crippen LogP contribution in [-0.4, -0.2) is 24.8 Å². The van der Waals surface area contributed by atoms with E-state index < -0.39 is 10.0 Å². The number of hydrogen-bond donors (Lipinski definition) is 1. The van der Waals surface area contributed by atoms with E-state index in [-0.39, 0.29) is 10.7 Å². The van der Waals surface area contributed by atoms with E-state index in [0.717, 1.165) is 5.56 Å². The zero-order chi connectivity index (χ0) is 20.3. The lowest BCUT2D eigenvalue weighted by Gasteiger charge is -2.10. The van der Waals surface area contributed by atoms with Crippen LogP contribution in [0.25, 0.3) is 0 Å². The van der Waals surface area contributed by atoms with Gasteiger partial charge in [0.05, 0.1) is 35.1 Å². The number of aryl methyl sites for hydroxylation is 1. The van der Waals surface area contributed by atoms with Crippen LogP contribution in [0.15, 0.2) is 53.4 Å². The van der Waals surface area contributed by atoms with E-state index in [0.29, 0.717) is 36.0 Å². The third-order valence-electron chi connectivity index (χ3n) is 4.28. The number of ether oxygens (including phenoxy) is 1. The second-order valence-electron chi connectivity index (χ2n) is 6.34. The molecule has 2 aromatic carbocycles. The highest BCUT2D eigenvalue weighted by Crippen LogP contribution is 2.25. The maximum Gasteiger partial charge on any atom is 0.262 e. The Hall–Kier alpha value is -2.87. The third-order valence-corrected chi connectivity index (χ3v) is 5.65. The number of nitrogens with one attached hydrogen (secondary N) is 1. The molecule has 0 aliphatic carbocycles. The molecule has 0 aliphatic rings. The summed E-state index contributed by atoms with van der Waals surface area (Å²) < 4.78 is 48.5. The average molecular weight is 403 g/mol. The molecule has 6 nitrogen and oxygen atoms in total. The van der Waals surface area contributed by atoms with E-state index in [1.165, 1.54) is 24.3 Å². The predicted molar refractivity (Wildman–Crippen MR) is 106 cm³/mol. The standard InChI is InChI=1S/C20H22FN3O3S/c1-4-27-18-8-10-19(11-9-18)28(25,26)23-20-14(2)22-24(15(20)3)13-16-6-5-7-17(21)12-16/h5-12,23H,4,13H2,1-3H3. The summed E-state index contributed by atoms with van der Waals surface area (Å²) in [5, 5.41) is 4.40. The van der Waals surface area contributed by atoms with E-state index in [1.807, 2.05) is 6.92 Å². The van der Waals surface area contributed by atoms with Gasteiger partial charge in [-0.05, 0) is 62.7 Å². The summed E-state index contributed by atoms with van der Waals surface area (Å²) in [5.41, 5.74) is 2.36. The summed E-state index contributed by atoms with van der Waals surface area (Å²) in [6.45, 7) is 6.21. The largest absolute Gasteiger partial charge is 0.494 e. The molecular weight excluding hydrogens is 381 g/mol. The Labute approximate surface area is 164 Å². The van der Waals surface area contributed by atoms with Crippen LogP contribution in [0.1, 0.15) is 23.9 Å². The van der Waals surface area contributed by atoms with Gasteiger partial charge in [0.15, 0.2) is 0 Å². The summed E-state index contributed by atoms with van der Waals surface area (Å²) in [6, 6.07) is 12.5. The van der Waals surface area contributed by atoms with E-state index in [4.69, 9.17) is 4.74 Å². The Kier molecular flexibility index (Phi) is 5.69. The molecule has 3 rings (SSSR count). The minimum Gasteiger partial charge on any atom is -0.494 e. The minimum absolute atomic E-state index is 0.132. The lowest BCUT2D eigenvalue weighted by atomic mass is 10.2. The van der Waals surface area contributed by atoms with Crippen LogP contribution in [0.5, 0.6) is 5.75 Å². The fraction of sp³-hybridized carbons (Fsp3) is 0.250. The monoisotopic (exact) mass is 403 g/mol. The van der Waals surface area contributed by atoms with Crippen LogP contribution in [0.2, 0.25) is 0 Å². The lowest BCUT2D eigenvalue weighted by molar-refractivity contribution is 0.340. The van der Waals surface area contributed by atoms with Crippen molar-refractivity contribution in [2.45, 2.75) is 32.2 Å². The summed E-state index contributed by atoms with van der Waals surface area (Å²) in [4.78, 5) is 0.132. The van der Waals surface area contributed by atoms with Gasteiger partial charge in [-0.25, -0.2) is 12.8 Å². The van der Waals surface area contributed by atoms with Gasteiger partial charge in [0, 0.05) is 0 Å². The maximum absolute atomic E-state index is 13.4. The van der Waals surface area contributed by atoms with Crippen LogP contribution >= 0.6 is 0 Å². The molecule has 28 heavy (non-hydrogen) atoms. The highest BCUT2D eigenvalue weighted by molar-refractivity contribution is 7.92. The summed E-state index contributed by atoms with van der Waals surface area (Å²) in [6.07, 6.45) is 0. The molecule has 1 heterocycles. The third kappa shape index (κ3) is 4.33. The first-order valence-electron chi connectivity index (χ1n) is 8.84. The fourth-order valence-corrected chi connectivity index (χ4v) is 4.06. The maximum atomic E-state index is 13.4. The minimum atomic E-state index is -3.78. The van der Waals surface area contributed by atoms with Gasteiger partial charge in [0.2, 0.25) is 0 Å². The Morgan fingerprint density at radius 2 is 1.86 bits per heavy atom. The predicted octanol–water partition coefficient (Wildman–Crippen LogP) is 3.89. The number of aromatic nitrogens is 2. The van der Waals surface area contributed by atoms with Gasteiger partial charge in [-0.3, -0.25) is 9.40 Å². The van der Waals surface area contributed by atoms with Crippen LogP contribution in [-0.2, 0) is 16.6 Å². The molecule has 0 unspecified atom stereocenters. The highest BCUT2D eigenvalue weighted by Gasteiger charge is 2.20. The molecule has 0 atom stereocenters. The van der Waals surface area contributed by atoms with Crippen molar-refractivity contribution in [3.8, 4) is 5.75 Å². The van der Waals surface area contributed by atoms with Crippen molar-refractivity contribution in [2.24, 2.45) is 0 Å². The zero-order valence-electron chi connectivity index (χ0n) is 15.9. The van der Waals surface area contributed by atoms with Crippen molar-refractivity contribution in [1.82, 2.24) is 9.78 Å². The molecule has 0 bridgehead atoms. The fourth-order valence-electron chi connectivity index (χ4n) is 2.88. The first-order valence-corrected chi connectivity index (χ1v) is 10.3. The molecule has 0 fully saturated rings. The van der Waals surface area contributed by atoms with Crippen LogP contribution in [0.4, 0.5) is 10.1 Å². The molecule has 0 radical (unpaired) electrons. The highest BCUT2D eigenvalue weighted by atomic mass is 32.2. The van der Waals surface area contributed by atoms with Gasteiger partial charge in [-0.1, -0.05) is 12.1 Å². The molecule has 0 spiro atoms. The first-order chi connectivity index (χ1) is 13.3. The number of hydrogen-bond acceptors (Lipinski definition) is 4. The van der Waals surface area contributed by atoms with Crippen molar-refractivity contribution in [2.75, 3.05) is 11.3 Å². The van der Waals surface area contributed by atoms with Gasteiger partial charge in [0.1, 0.15) is 11.6 Å². The number of halogens is 1. The normalized spacial score (nSPS) is 11.4. The Balaban J connectivity index is 1.84. The quantitative estimate of drug-likeness (QED) is 0.650. The van der Waals surface area contributed by atoms with E-state index in [2.05, 4.69) is 9.82 Å². The van der Waals surface area contributed by atoms with Gasteiger partial charge < -0.3 is 4.74 Å². The van der Waals surface area contributed by atoms with Gasteiger partial charge in [-0.2, -0.15) is 5.10 Å². The average Bonchev–Trinajstić information content (AvgIpc) is 2.90. The van der Waals surface area contributed by atoms with E-state index in [1.54, 1.807) is 42.8 Å². The topological polar surface area (TPSA) is 73.2 Å². The first kappa shape index (κ1) is 19.9. The van der Waals surface area contributed by atoms with Crippen molar-refractivity contribution in [1.29, 1.82) is 0 Å². The zero-order valence-corrected chi connectivity index (χ0v) is 16.8. The molecule has 0 saturated heterocycles. The van der Waals surface area contributed by atoms with Crippen molar-refractivity contribution in [3.05, 3.63) is 71.3 Å². The molecule has 1 aromatic heterocycles. The summed E-state index contributed by atoms with van der Waals surface area (Å²) in [7, 11) is -3.78. The molecule has 8 heteroatoms. The Morgan fingerprint density at radius 3 is 2.50 bits per heavy atom. The van der Waals surface area contributed by atoms with Crippen LogP contribution < -0.4 is 9.46 Å². The Morgan fingerprint density at radius 1 is 1.14 bits per heavy atom. The molecular formula is C20H22FN3O3S. The number of rotatable bonds is 7. The van der Waals surface area contributed by atoms with Crippen molar-refractivity contribution < 1.29 is 17.5 Å².